The summed E-state index contributed by atoms with van der Waals surface area (Å²) in [6, 6.07) is 3.72. The van der Waals surface area contributed by atoms with E-state index in [2.05, 4.69) is 21.0 Å². The molecule has 6 heteroatoms. The van der Waals surface area contributed by atoms with Crippen LogP contribution in [0.3, 0.4) is 0 Å². The average Bonchev–Trinajstić information content (AvgIpc) is 2.70. The predicted octanol–water partition coefficient (Wildman–Crippen LogP) is 2.45. The molecule has 0 saturated heterocycles. The maximum absolute atomic E-state index is 5.98. The summed E-state index contributed by atoms with van der Waals surface area (Å²) in [5.74, 6) is 1.98. The molecule has 0 aliphatic rings. The zero-order valence-electron chi connectivity index (χ0n) is 10.4. The Morgan fingerprint density at radius 2 is 1.83 bits per heavy atom. The minimum atomic E-state index is 0.588. The second-order valence-electron chi connectivity index (χ2n) is 3.75. The quantitative estimate of drug-likeness (QED) is 0.945. The first-order valence-corrected chi connectivity index (χ1v) is 6.07. The molecule has 18 heavy (non-hydrogen) atoms. The predicted molar refractivity (Wildman–Crippen MR) is 73.9 cm³/mol. The van der Waals surface area contributed by atoms with Gasteiger partial charge in [0.2, 0.25) is 0 Å². The van der Waals surface area contributed by atoms with Crippen LogP contribution in [0.5, 0.6) is 11.5 Å². The van der Waals surface area contributed by atoms with Gasteiger partial charge >= 0.3 is 0 Å². The highest BCUT2D eigenvalue weighted by Gasteiger charge is 2.15. The Bertz CT molecular complexity index is 581. The number of rotatable bonds is 3. The van der Waals surface area contributed by atoms with E-state index in [0.717, 1.165) is 15.6 Å². The van der Waals surface area contributed by atoms with Crippen molar-refractivity contribution >= 4 is 21.7 Å². The third-order valence-electron chi connectivity index (χ3n) is 2.75. The van der Waals surface area contributed by atoms with E-state index >= 15 is 0 Å². The molecule has 0 saturated carbocycles. The fourth-order valence-electron chi connectivity index (χ4n) is 1.73. The van der Waals surface area contributed by atoms with Crippen LogP contribution in [0.15, 0.2) is 22.8 Å². The Morgan fingerprint density at radius 1 is 1.17 bits per heavy atom. The van der Waals surface area contributed by atoms with Gasteiger partial charge < -0.3 is 15.2 Å². The topological polar surface area (TPSA) is 62.3 Å². The van der Waals surface area contributed by atoms with Crippen LogP contribution in [0, 0.1) is 0 Å². The Balaban J connectivity index is 2.63. The van der Waals surface area contributed by atoms with Gasteiger partial charge in [-0.3, -0.25) is 4.68 Å². The van der Waals surface area contributed by atoms with Crippen LogP contribution in [0.1, 0.15) is 0 Å². The third-order valence-corrected chi connectivity index (χ3v) is 3.37. The van der Waals surface area contributed by atoms with E-state index in [4.69, 9.17) is 15.2 Å². The molecule has 2 rings (SSSR count). The van der Waals surface area contributed by atoms with Crippen LogP contribution in [-0.2, 0) is 7.05 Å². The van der Waals surface area contributed by atoms with Crippen LogP contribution < -0.4 is 15.2 Å². The second-order valence-corrected chi connectivity index (χ2v) is 4.61. The summed E-state index contributed by atoms with van der Waals surface area (Å²) in [6.07, 6.45) is 1.71. The van der Waals surface area contributed by atoms with Gasteiger partial charge in [0, 0.05) is 24.2 Å². The molecule has 0 bridgehead atoms. The van der Waals surface area contributed by atoms with Crippen molar-refractivity contribution in [3.63, 3.8) is 0 Å². The average molecular weight is 312 g/mol. The molecular formula is C12H14BrN3O2. The molecule has 0 amide bonds. The molecule has 0 atom stereocenters. The molecule has 0 fully saturated rings. The molecule has 0 radical (unpaired) electrons. The standard InChI is InChI=1S/C12H14BrN3O2/c1-16-12(14)8(6-15-16)7-4-9(13)11(18-3)5-10(7)17-2/h4-6H,14H2,1-3H3. The summed E-state index contributed by atoms with van der Waals surface area (Å²) >= 11 is 3.45. The zero-order valence-corrected chi connectivity index (χ0v) is 12.0. The van der Waals surface area contributed by atoms with Gasteiger partial charge in [-0.05, 0) is 22.0 Å². The van der Waals surface area contributed by atoms with Crippen molar-refractivity contribution < 1.29 is 9.47 Å². The number of benzene rings is 1. The molecule has 0 aliphatic carbocycles. The molecule has 0 spiro atoms. The van der Waals surface area contributed by atoms with E-state index in [1.807, 2.05) is 12.1 Å². The van der Waals surface area contributed by atoms with E-state index in [0.29, 0.717) is 17.3 Å². The van der Waals surface area contributed by atoms with Gasteiger partial charge in [-0.15, -0.1) is 0 Å². The highest BCUT2D eigenvalue weighted by atomic mass is 79.9. The van der Waals surface area contributed by atoms with E-state index in [1.165, 1.54) is 0 Å². The lowest BCUT2D eigenvalue weighted by molar-refractivity contribution is 0.393. The van der Waals surface area contributed by atoms with Gasteiger partial charge in [-0.1, -0.05) is 0 Å². The summed E-state index contributed by atoms with van der Waals surface area (Å²) in [5, 5.41) is 4.13. The van der Waals surface area contributed by atoms with Gasteiger partial charge in [0.15, 0.2) is 0 Å². The Morgan fingerprint density at radius 3 is 2.33 bits per heavy atom. The normalized spacial score (nSPS) is 10.4. The minimum absolute atomic E-state index is 0.588. The molecule has 1 heterocycles. The number of anilines is 1. The van der Waals surface area contributed by atoms with E-state index in [9.17, 15) is 0 Å². The number of nitrogens with zero attached hydrogens (tertiary/aromatic N) is 2. The first-order chi connectivity index (χ1) is 8.58. The van der Waals surface area contributed by atoms with Gasteiger partial charge in [-0.2, -0.15) is 5.10 Å². The number of hydrogen-bond donors (Lipinski definition) is 1. The van der Waals surface area contributed by atoms with Crippen molar-refractivity contribution in [3.05, 3.63) is 22.8 Å². The summed E-state index contributed by atoms with van der Waals surface area (Å²) in [5.41, 5.74) is 7.68. The number of aryl methyl sites for hydroxylation is 1. The largest absolute Gasteiger partial charge is 0.496 e. The monoisotopic (exact) mass is 311 g/mol. The molecule has 0 aliphatic heterocycles. The van der Waals surface area contributed by atoms with Crippen molar-refractivity contribution in [3.8, 4) is 22.6 Å². The Hall–Kier alpha value is -1.69. The molecule has 2 aromatic rings. The number of methoxy groups -OCH3 is 2. The van der Waals surface area contributed by atoms with Gasteiger partial charge in [0.25, 0.3) is 0 Å². The number of halogens is 1. The number of nitrogen functional groups attached to an aromatic ring is 1. The van der Waals surface area contributed by atoms with Crippen molar-refractivity contribution in [2.24, 2.45) is 7.05 Å². The Kier molecular flexibility index (Phi) is 3.47. The fraction of sp³-hybridized carbons (Fsp3) is 0.250. The van der Waals surface area contributed by atoms with Crippen molar-refractivity contribution in [1.29, 1.82) is 0 Å². The van der Waals surface area contributed by atoms with E-state index in [-0.39, 0.29) is 0 Å². The van der Waals surface area contributed by atoms with Crippen LogP contribution in [-0.4, -0.2) is 24.0 Å². The number of aromatic nitrogens is 2. The third kappa shape index (κ3) is 2.03. The van der Waals surface area contributed by atoms with Crippen LogP contribution in [0.25, 0.3) is 11.1 Å². The summed E-state index contributed by atoms with van der Waals surface area (Å²) < 4.78 is 13.1. The highest BCUT2D eigenvalue weighted by Crippen LogP contribution is 2.40. The van der Waals surface area contributed by atoms with Crippen LogP contribution >= 0.6 is 15.9 Å². The lowest BCUT2D eigenvalue weighted by atomic mass is 10.1. The first-order valence-electron chi connectivity index (χ1n) is 5.27. The zero-order chi connectivity index (χ0) is 13.3. The number of hydrogen-bond acceptors (Lipinski definition) is 4. The summed E-state index contributed by atoms with van der Waals surface area (Å²) in [7, 11) is 5.01. The minimum Gasteiger partial charge on any atom is -0.496 e. The van der Waals surface area contributed by atoms with E-state index < -0.39 is 0 Å². The molecule has 0 unspecified atom stereocenters. The Labute approximate surface area is 114 Å². The smallest absolute Gasteiger partial charge is 0.136 e. The first kappa shape index (κ1) is 12.8. The molecule has 2 N–H and O–H groups in total. The van der Waals surface area contributed by atoms with Crippen molar-refractivity contribution in [2.45, 2.75) is 0 Å². The fourth-order valence-corrected chi connectivity index (χ4v) is 2.23. The van der Waals surface area contributed by atoms with E-state index in [1.54, 1.807) is 32.1 Å². The molecular weight excluding hydrogens is 298 g/mol. The SMILES string of the molecule is COc1cc(OC)c(-c2cnn(C)c2N)cc1Br. The van der Waals surface area contributed by atoms with Crippen LogP contribution in [0.4, 0.5) is 5.82 Å². The van der Waals surface area contributed by atoms with Crippen LogP contribution in [0.2, 0.25) is 0 Å². The van der Waals surface area contributed by atoms with Gasteiger partial charge in [0.1, 0.15) is 17.3 Å². The summed E-state index contributed by atoms with van der Waals surface area (Å²) in [6.45, 7) is 0. The number of ether oxygens (including phenoxy) is 2. The van der Waals surface area contributed by atoms with Crippen molar-refractivity contribution in [2.75, 3.05) is 20.0 Å². The molecule has 96 valence electrons. The van der Waals surface area contributed by atoms with Gasteiger partial charge in [0.05, 0.1) is 24.9 Å². The lowest BCUT2D eigenvalue weighted by Gasteiger charge is -2.11. The van der Waals surface area contributed by atoms with Gasteiger partial charge in [-0.25, -0.2) is 0 Å². The second kappa shape index (κ2) is 4.89. The molecule has 1 aromatic heterocycles. The maximum Gasteiger partial charge on any atom is 0.136 e. The van der Waals surface area contributed by atoms with Crippen molar-refractivity contribution in [1.82, 2.24) is 9.78 Å². The highest BCUT2D eigenvalue weighted by molar-refractivity contribution is 9.10. The summed E-state index contributed by atoms with van der Waals surface area (Å²) in [4.78, 5) is 0. The number of nitrogens with two attached hydrogens (primary N) is 1. The maximum atomic E-state index is 5.98. The lowest BCUT2D eigenvalue weighted by Crippen LogP contribution is -1.99. The molecule has 5 nitrogen and oxygen atoms in total. The molecule has 1 aromatic carbocycles.